The summed E-state index contributed by atoms with van der Waals surface area (Å²) >= 11 is 0. The molecular weight excluding hydrogens is 116 g/mol. The maximum atomic E-state index is 7.90. The van der Waals surface area contributed by atoms with Gasteiger partial charge in [-0.15, -0.1) is 0 Å². The highest BCUT2D eigenvalue weighted by atomic mass is 16.4. The van der Waals surface area contributed by atoms with Crippen LogP contribution in [0.15, 0.2) is 30.0 Å². The molecule has 0 aliphatic carbocycles. The molecule has 0 bridgehead atoms. The molecule has 0 spiro atoms. The van der Waals surface area contributed by atoms with E-state index in [4.69, 9.17) is 10.6 Å². The van der Waals surface area contributed by atoms with E-state index < -0.39 is 0 Å². The number of oxime groups is 1. The van der Waals surface area contributed by atoms with Crippen LogP contribution < -0.4 is 0 Å². The minimum absolute atomic E-state index is 0.136. The zero-order valence-electron chi connectivity index (χ0n) is 4.91. The Labute approximate surface area is 53.5 Å². The molecule has 0 radical (unpaired) electrons. The summed E-state index contributed by atoms with van der Waals surface area (Å²) in [7, 11) is 0. The molecule has 3 nitrogen and oxygen atoms in total. The van der Waals surface area contributed by atoms with Crippen LogP contribution >= 0.6 is 0 Å². The third kappa shape index (κ3) is 4.47. The molecule has 48 valence electrons. The van der Waals surface area contributed by atoms with E-state index in [0.717, 1.165) is 6.21 Å². The maximum Gasteiger partial charge on any atom is 0.0910 e. The molecule has 0 fully saturated rings. The standard InChI is InChI=1S/C6H8N2O/c1-2-3-4-6(7)5-8-9/h2-5,7,9H,1H2/b4-3-,7-6?,8-5?. The second-order valence-electron chi connectivity index (χ2n) is 1.29. The number of rotatable bonds is 3. The van der Waals surface area contributed by atoms with Crippen LogP contribution in [0, 0.1) is 5.41 Å². The topological polar surface area (TPSA) is 56.4 Å². The molecule has 0 aromatic heterocycles. The highest BCUT2D eigenvalue weighted by Crippen LogP contribution is 1.74. The molecule has 0 aromatic rings. The number of allylic oxidation sites excluding steroid dienone is 3. The summed E-state index contributed by atoms with van der Waals surface area (Å²) < 4.78 is 0. The van der Waals surface area contributed by atoms with Crippen molar-refractivity contribution in [2.75, 3.05) is 0 Å². The van der Waals surface area contributed by atoms with Crippen molar-refractivity contribution in [3.8, 4) is 0 Å². The second kappa shape index (κ2) is 4.77. The summed E-state index contributed by atoms with van der Waals surface area (Å²) in [5.74, 6) is 0. The molecular formula is C6H8N2O. The van der Waals surface area contributed by atoms with Gasteiger partial charge in [0.05, 0.1) is 11.9 Å². The first-order valence-corrected chi connectivity index (χ1v) is 2.36. The van der Waals surface area contributed by atoms with Gasteiger partial charge in [-0.05, 0) is 6.08 Å². The van der Waals surface area contributed by atoms with Crippen molar-refractivity contribution in [2.24, 2.45) is 5.16 Å². The SMILES string of the molecule is C=C/C=C\C(=N)C=NO. The molecule has 0 saturated carbocycles. The van der Waals surface area contributed by atoms with Crippen LogP contribution in [0.4, 0.5) is 0 Å². The lowest BCUT2D eigenvalue weighted by Crippen LogP contribution is -1.90. The average molecular weight is 124 g/mol. The summed E-state index contributed by atoms with van der Waals surface area (Å²) in [6.07, 6.45) is 5.62. The molecule has 0 aromatic carbocycles. The quantitative estimate of drug-likeness (QED) is 0.252. The van der Waals surface area contributed by atoms with Crippen molar-refractivity contribution in [1.29, 1.82) is 5.41 Å². The summed E-state index contributed by atoms with van der Waals surface area (Å²) in [5, 5.41) is 17.5. The predicted octanol–water partition coefficient (Wildman–Crippen LogP) is 1.21. The van der Waals surface area contributed by atoms with Crippen LogP contribution in [0.25, 0.3) is 0 Å². The fraction of sp³-hybridized carbons (Fsp3) is 0. The minimum atomic E-state index is 0.136. The van der Waals surface area contributed by atoms with Gasteiger partial charge in [-0.1, -0.05) is 23.9 Å². The van der Waals surface area contributed by atoms with Gasteiger partial charge in [0.1, 0.15) is 0 Å². The van der Waals surface area contributed by atoms with Crippen molar-refractivity contribution in [1.82, 2.24) is 0 Å². The van der Waals surface area contributed by atoms with Crippen molar-refractivity contribution < 1.29 is 5.21 Å². The van der Waals surface area contributed by atoms with Gasteiger partial charge in [0.2, 0.25) is 0 Å². The molecule has 0 atom stereocenters. The van der Waals surface area contributed by atoms with E-state index in [-0.39, 0.29) is 5.71 Å². The predicted molar refractivity (Wildman–Crippen MR) is 37.3 cm³/mol. The Morgan fingerprint density at radius 1 is 1.67 bits per heavy atom. The average Bonchev–Trinajstić information content (AvgIpc) is 1.85. The van der Waals surface area contributed by atoms with Crippen LogP contribution in [0.2, 0.25) is 0 Å². The van der Waals surface area contributed by atoms with E-state index in [0.29, 0.717) is 0 Å². The Morgan fingerprint density at radius 2 is 2.33 bits per heavy atom. The highest BCUT2D eigenvalue weighted by molar-refractivity contribution is 6.34. The zero-order valence-corrected chi connectivity index (χ0v) is 4.91. The van der Waals surface area contributed by atoms with Gasteiger partial charge in [-0.2, -0.15) is 0 Å². The summed E-state index contributed by atoms with van der Waals surface area (Å²) in [4.78, 5) is 0. The van der Waals surface area contributed by atoms with E-state index in [1.807, 2.05) is 0 Å². The Morgan fingerprint density at radius 3 is 2.78 bits per heavy atom. The number of nitrogens with zero attached hydrogens (tertiary/aromatic N) is 1. The van der Waals surface area contributed by atoms with Crippen LogP contribution in [0.5, 0.6) is 0 Å². The van der Waals surface area contributed by atoms with E-state index in [1.165, 1.54) is 6.08 Å². The number of nitrogens with one attached hydrogen (secondary N) is 1. The summed E-state index contributed by atoms with van der Waals surface area (Å²) in [6.45, 7) is 3.40. The van der Waals surface area contributed by atoms with E-state index >= 15 is 0 Å². The van der Waals surface area contributed by atoms with Crippen molar-refractivity contribution in [2.45, 2.75) is 0 Å². The molecule has 0 amide bonds. The first-order chi connectivity index (χ1) is 4.31. The summed E-state index contributed by atoms with van der Waals surface area (Å²) in [6, 6.07) is 0. The zero-order chi connectivity index (χ0) is 7.11. The fourth-order valence-corrected chi connectivity index (χ4v) is 0.277. The third-order valence-corrected chi connectivity index (χ3v) is 0.609. The van der Waals surface area contributed by atoms with Gasteiger partial charge in [-0.3, -0.25) is 5.41 Å². The first-order valence-electron chi connectivity index (χ1n) is 2.36. The smallest absolute Gasteiger partial charge is 0.0910 e. The molecule has 0 rings (SSSR count). The van der Waals surface area contributed by atoms with Crippen LogP contribution in [0.3, 0.4) is 0 Å². The molecule has 0 unspecified atom stereocenters. The minimum Gasteiger partial charge on any atom is -0.411 e. The van der Waals surface area contributed by atoms with Crippen LogP contribution in [-0.4, -0.2) is 17.1 Å². The Kier molecular flexibility index (Phi) is 4.04. The Bertz CT molecular complexity index is 158. The molecule has 3 heteroatoms. The van der Waals surface area contributed by atoms with Gasteiger partial charge < -0.3 is 5.21 Å². The molecule has 0 aliphatic heterocycles. The van der Waals surface area contributed by atoms with E-state index in [2.05, 4.69) is 11.7 Å². The molecule has 2 N–H and O–H groups in total. The lowest BCUT2D eigenvalue weighted by Gasteiger charge is -1.79. The largest absolute Gasteiger partial charge is 0.411 e. The van der Waals surface area contributed by atoms with Gasteiger partial charge in [0.15, 0.2) is 0 Å². The monoisotopic (exact) mass is 124 g/mol. The third-order valence-electron chi connectivity index (χ3n) is 0.609. The van der Waals surface area contributed by atoms with Gasteiger partial charge in [-0.25, -0.2) is 0 Å². The lowest BCUT2D eigenvalue weighted by atomic mass is 10.3. The summed E-state index contributed by atoms with van der Waals surface area (Å²) in [5.41, 5.74) is 0.136. The van der Waals surface area contributed by atoms with Gasteiger partial charge in [0, 0.05) is 0 Å². The molecule has 0 aliphatic rings. The molecule has 0 saturated heterocycles. The van der Waals surface area contributed by atoms with Crippen molar-refractivity contribution in [3.05, 3.63) is 24.8 Å². The molecule has 0 heterocycles. The van der Waals surface area contributed by atoms with Crippen LogP contribution in [-0.2, 0) is 0 Å². The normalized spacial score (nSPS) is 10.7. The maximum absolute atomic E-state index is 7.90. The number of hydrogen-bond donors (Lipinski definition) is 2. The van der Waals surface area contributed by atoms with Crippen molar-refractivity contribution >= 4 is 11.9 Å². The van der Waals surface area contributed by atoms with Gasteiger partial charge >= 0.3 is 0 Å². The fourth-order valence-electron chi connectivity index (χ4n) is 0.277. The number of hydrogen-bond acceptors (Lipinski definition) is 3. The Hall–Kier alpha value is -1.38. The molecule has 9 heavy (non-hydrogen) atoms. The second-order valence-corrected chi connectivity index (χ2v) is 1.29. The highest BCUT2D eigenvalue weighted by Gasteiger charge is 1.78. The van der Waals surface area contributed by atoms with E-state index in [1.54, 1.807) is 12.2 Å². The van der Waals surface area contributed by atoms with Crippen molar-refractivity contribution in [3.63, 3.8) is 0 Å². The lowest BCUT2D eigenvalue weighted by molar-refractivity contribution is 0.322. The van der Waals surface area contributed by atoms with E-state index in [9.17, 15) is 0 Å². The first kappa shape index (κ1) is 7.62. The Balaban J connectivity index is 3.76. The van der Waals surface area contributed by atoms with Crippen LogP contribution in [0.1, 0.15) is 0 Å². The van der Waals surface area contributed by atoms with Gasteiger partial charge in [0.25, 0.3) is 0 Å².